The molecule has 0 spiro atoms. The van der Waals surface area contributed by atoms with Crippen molar-refractivity contribution in [2.45, 2.75) is 30.6 Å². The van der Waals surface area contributed by atoms with E-state index in [2.05, 4.69) is 10.2 Å². The standard InChI is InChI=1S/C15H17N3O3S3/c1-9-6-12-7-11(4-5-13(12)18(9)24(3,20)21)14(19)8-22-15-17-16-10(2)23-15/h4-5,7,9H,6,8H2,1-3H3/t9-/m0/s1. The minimum absolute atomic E-state index is 0.00103. The van der Waals surface area contributed by atoms with Crippen molar-refractivity contribution in [1.29, 1.82) is 0 Å². The Morgan fingerprint density at radius 1 is 1.42 bits per heavy atom. The number of carbonyl (C=O) groups is 1. The lowest BCUT2D eigenvalue weighted by atomic mass is 10.0. The Bertz CT molecular complexity index is 892. The number of fused-ring (bicyclic) bond motifs is 1. The first-order valence-electron chi connectivity index (χ1n) is 7.34. The summed E-state index contributed by atoms with van der Waals surface area (Å²) in [5.41, 5.74) is 2.18. The summed E-state index contributed by atoms with van der Waals surface area (Å²) in [5.74, 6) is 0.291. The maximum Gasteiger partial charge on any atom is 0.232 e. The fraction of sp³-hybridized carbons (Fsp3) is 0.400. The third-order valence-electron chi connectivity index (χ3n) is 3.75. The van der Waals surface area contributed by atoms with Gasteiger partial charge in [-0.15, -0.1) is 10.2 Å². The molecule has 2 heterocycles. The molecule has 24 heavy (non-hydrogen) atoms. The topological polar surface area (TPSA) is 80.2 Å². The molecule has 9 heteroatoms. The van der Waals surface area contributed by atoms with Crippen LogP contribution in [-0.4, -0.2) is 42.4 Å². The zero-order valence-electron chi connectivity index (χ0n) is 13.5. The quantitative estimate of drug-likeness (QED) is 0.583. The third kappa shape index (κ3) is 3.47. The number of carbonyl (C=O) groups excluding carboxylic acids is 1. The highest BCUT2D eigenvalue weighted by Crippen LogP contribution is 2.35. The fourth-order valence-corrected chi connectivity index (χ4v) is 5.80. The van der Waals surface area contributed by atoms with Crippen LogP contribution in [0.4, 0.5) is 5.69 Å². The van der Waals surface area contributed by atoms with Crippen LogP contribution in [0.5, 0.6) is 0 Å². The minimum atomic E-state index is -3.31. The number of thioether (sulfide) groups is 1. The minimum Gasteiger partial charge on any atom is -0.293 e. The lowest BCUT2D eigenvalue weighted by Gasteiger charge is -2.21. The van der Waals surface area contributed by atoms with E-state index in [1.54, 1.807) is 12.1 Å². The van der Waals surface area contributed by atoms with Crippen molar-refractivity contribution in [2.75, 3.05) is 16.3 Å². The molecule has 1 aliphatic heterocycles. The maximum absolute atomic E-state index is 12.4. The summed E-state index contributed by atoms with van der Waals surface area (Å²) in [6, 6.07) is 5.11. The lowest BCUT2D eigenvalue weighted by molar-refractivity contribution is 0.102. The first-order valence-corrected chi connectivity index (χ1v) is 11.0. The highest BCUT2D eigenvalue weighted by atomic mass is 32.2. The van der Waals surface area contributed by atoms with E-state index in [-0.39, 0.29) is 11.8 Å². The molecule has 3 rings (SSSR count). The van der Waals surface area contributed by atoms with Gasteiger partial charge in [-0.05, 0) is 44.0 Å². The second kappa shape index (κ2) is 6.45. The van der Waals surface area contributed by atoms with Crippen LogP contribution in [0.2, 0.25) is 0 Å². The largest absolute Gasteiger partial charge is 0.293 e. The van der Waals surface area contributed by atoms with Gasteiger partial charge in [0, 0.05) is 11.6 Å². The van der Waals surface area contributed by atoms with Crippen LogP contribution in [0.3, 0.4) is 0 Å². The van der Waals surface area contributed by atoms with Gasteiger partial charge in [0.05, 0.1) is 17.7 Å². The Labute approximate surface area is 149 Å². The Hall–Kier alpha value is -1.45. The number of ketones is 1. The molecule has 0 bridgehead atoms. The van der Waals surface area contributed by atoms with E-state index >= 15 is 0 Å². The van der Waals surface area contributed by atoms with Gasteiger partial charge in [-0.2, -0.15) is 0 Å². The Kier molecular flexibility index (Phi) is 4.67. The van der Waals surface area contributed by atoms with Gasteiger partial charge in [0.15, 0.2) is 10.1 Å². The van der Waals surface area contributed by atoms with Gasteiger partial charge in [0.25, 0.3) is 0 Å². The molecule has 1 aliphatic rings. The van der Waals surface area contributed by atoms with Crippen molar-refractivity contribution in [2.24, 2.45) is 0 Å². The SMILES string of the molecule is Cc1nnc(SCC(=O)c2ccc3c(c2)C[C@H](C)N3S(C)(=O)=O)s1. The molecule has 0 saturated carbocycles. The number of anilines is 1. The molecule has 0 aliphatic carbocycles. The number of hydrogen-bond donors (Lipinski definition) is 0. The molecule has 1 aromatic carbocycles. The number of rotatable bonds is 5. The number of aryl methyl sites for hydroxylation is 1. The van der Waals surface area contributed by atoms with Crippen LogP contribution < -0.4 is 4.31 Å². The van der Waals surface area contributed by atoms with Crippen LogP contribution in [-0.2, 0) is 16.4 Å². The van der Waals surface area contributed by atoms with Crippen molar-refractivity contribution in [1.82, 2.24) is 10.2 Å². The van der Waals surface area contributed by atoms with Crippen molar-refractivity contribution in [3.63, 3.8) is 0 Å². The molecule has 2 aromatic rings. The lowest BCUT2D eigenvalue weighted by Crippen LogP contribution is -2.34. The van der Waals surface area contributed by atoms with Gasteiger partial charge in [0.2, 0.25) is 10.0 Å². The molecule has 0 radical (unpaired) electrons. The summed E-state index contributed by atoms with van der Waals surface area (Å²) in [5, 5.41) is 8.79. The normalized spacial score (nSPS) is 17.1. The van der Waals surface area contributed by atoms with Gasteiger partial charge in [0.1, 0.15) is 5.01 Å². The molecule has 1 atom stereocenters. The average Bonchev–Trinajstić information content (AvgIpc) is 3.05. The van der Waals surface area contributed by atoms with Crippen LogP contribution in [0.1, 0.15) is 27.9 Å². The first-order chi connectivity index (χ1) is 11.3. The van der Waals surface area contributed by atoms with Gasteiger partial charge in [-0.25, -0.2) is 8.42 Å². The summed E-state index contributed by atoms with van der Waals surface area (Å²) < 4.78 is 26.1. The predicted octanol–water partition coefficient (Wildman–Crippen LogP) is 2.53. The second-order valence-electron chi connectivity index (χ2n) is 5.75. The van der Waals surface area contributed by atoms with Gasteiger partial charge < -0.3 is 0 Å². The van der Waals surface area contributed by atoms with E-state index in [0.29, 0.717) is 23.4 Å². The van der Waals surface area contributed by atoms with E-state index in [1.165, 1.54) is 33.7 Å². The molecule has 6 nitrogen and oxygen atoms in total. The average molecular weight is 384 g/mol. The summed E-state index contributed by atoms with van der Waals surface area (Å²) in [4.78, 5) is 12.4. The number of Topliss-reactive ketones (excluding diaryl/α,β-unsaturated/α-hetero) is 1. The van der Waals surface area contributed by atoms with E-state index in [4.69, 9.17) is 0 Å². The highest BCUT2D eigenvalue weighted by molar-refractivity contribution is 8.01. The number of nitrogens with zero attached hydrogens (tertiary/aromatic N) is 3. The number of hydrogen-bond acceptors (Lipinski definition) is 7. The first kappa shape index (κ1) is 17.4. The monoisotopic (exact) mass is 383 g/mol. The second-order valence-corrected chi connectivity index (χ2v) is 10.0. The van der Waals surface area contributed by atoms with Gasteiger partial charge in [-0.1, -0.05) is 23.1 Å². The molecular weight excluding hydrogens is 366 g/mol. The zero-order chi connectivity index (χ0) is 17.5. The van der Waals surface area contributed by atoms with E-state index in [0.717, 1.165) is 14.9 Å². The van der Waals surface area contributed by atoms with E-state index in [1.807, 2.05) is 19.9 Å². The molecule has 0 amide bonds. The zero-order valence-corrected chi connectivity index (χ0v) is 16.0. The van der Waals surface area contributed by atoms with Crippen LogP contribution in [0.15, 0.2) is 22.5 Å². The number of benzene rings is 1. The number of sulfonamides is 1. The van der Waals surface area contributed by atoms with Crippen LogP contribution in [0, 0.1) is 6.92 Å². The summed E-state index contributed by atoms with van der Waals surface area (Å²) in [6.07, 6.45) is 1.82. The summed E-state index contributed by atoms with van der Waals surface area (Å²) in [6.45, 7) is 3.74. The van der Waals surface area contributed by atoms with E-state index < -0.39 is 10.0 Å². The molecule has 128 valence electrons. The van der Waals surface area contributed by atoms with Gasteiger partial charge in [-0.3, -0.25) is 9.10 Å². The van der Waals surface area contributed by atoms with E-state index in [9.17, 15) is 13.2 Å². The fourth-order valence-electron chi connectivity index (χ4n) is 2.83. The smallest absolute Gasteiger partial charge is 0.232 e. The Morgan fingerprint density at radius 2 is 2.17 bits per heavy atom. The van der Waals surface area contributed by atoms with Crippen LogP contribution in [0.25, 0.3) is 0 Å². The van der Waals surface area contributed by atoms with Crippen molar-refractivity contribution in [3.8, 4) is 0 Å². The van der Waals surface area contributed by atoms with Crippen LogP contribution >= 0.6 is 23.1 Å². The Balaban J connectivity index is 1.77. The molecule has 0 saturated heterocycles. The van der Waals surface area contributed by atoms with Crippen molar-refractivity contribution >= 4 is 44.6 Å². The van der Waals surface area contributed by atoms with Crippen molar-refractivity contribution in [3.05, 3.63) is 34.3 Å². The predicted molar refractivity (Wildman–Crippen MR) is 96.6 cm³/mol. The molecule has 0 unspecified atom stereocenters. The third-order valence-corrected chi connectivity index (χ3v) is 6.99. The van der Waals surface area contributed by atoms with Crippen molar-refractivity contribution < 1.29 is 13.2 Å². The Morgan fingerprint density at radius 3 is 2.79 bits per heavy atom. The molecule has 0 N–H and O–H groups in total. The van der Waals surface area contributed by atoms with Gasteiger partial charge >= 0.3 is 0 Å². The summed E-state index contributed by atoms with van der Waals surface area (Å²) in [7, 11) is -3.31. The molecular formula is C15H17N3O3S3. The molecule has 1 aromatic heterocycles. The molecule has 0 fully saturated rings. The highest BCUT2D eigenvalue weighted by Gasteiger charge is 2.32. The number of aromatic nitrogens is 2. The maximum atomic E-state index is 12.4. The summed E-state index contributed by atoms with van der Waals surface area (Å²) >= 11 is 2.84.